The fourth-order valence-electron chi connectivity index (χ4n) is 6.79. The van der Waals surface area contributed by atoms with Gasteiger partial charge in [0.25, 0.3) is 0 Å². The zero-order chi connectivity index (χ0) is 36.7. The predicted octanol–water partition coefficient (Wildman–Crippen LogP) is 5.79. The lowest BCUT2D eigenvalue weighted by molar-refractivity contribution is -0.145. The summed E-state index contributed by atoms with van der Waals surface area (Å²) in [6, 6.07) is 24.8. The highest BCUT2D eigenvalue weighted by Gasteiger charge is 2.45. The molecule has 51 heavy (non-hydrogen) atoms. The van der Waals surface area contributed by atoms with Crippen molar-refractivity contribution in [3.63, 3.8) is 0 Å². The first-order valence-corrected chi connectivity index (χ1v) is 18.8. The van der Waals surface area contributed by atoms with Gasteiger partial charge in [0.15, 0.2) is 0 Å². The number of hydrogen-bond donors (Lipinski definition) is 2. The van der Waals surface area contributed by atoms with Gasteiger partial charge >= 0.3 is 6.09 Å². The molecule has 0 unspecified atom stereocenters. The third-order valence-electron chi connectivity index (χ3n) is 9.67. The van der Waals surface area contributed by atoms with E-state index in [0.29, 0.717) is 32.4 Å². The van der Waals surface area contributed by atoms with Crippen LogP contribution in [0.2, 0.25) is 0 Å². The molecule has 0 bridgehead atoms. The zero-order valence-electron chi connectivity index (χ0n) is 30.2. The van der Waals surface area contributed by atoms with Crippen LogP contribution in [-0.4, -0.2) is 88.4 Å². The molecule has 3 aromatic carbocycles. The molecule has 10 nitrogen and oxygen atoms in total. The fraction of sp³-hybridized carbons (Fsp3) is 0.450. The summed E-state index contributed by atoms with van der Waals surface area (Å²) in [5.41, 5.74) is 3.42. The van der Waals surface area contributed by atoms with Crippen LogP contribution in [0.5, 0.6) is 0 Å². The van der Waals surface area contributed by atoms with Crippen LogP contribution in [0.15, 0.2) is 84.9 Å². The maximum atomic E-state index is 14.6. The molecule has 2 aliphatic heterocycles. The summed E-state index contributed by atoms with van der Waals surface area (Å²) >= 11 is 3.51. The lowest BCUT2D eigenvalue weighted by atomic mass is 9.98. The number of halogens is 1. The Bertz CT molecular complexity index is 1610. The highest BCUT2D eigenvalue weighted by Crippen LogP contribution is 2.31. The van der Waals surface area contributed by atoms with E-state index in [0.717, 1.165) is 22.0 Å². The number of fused-ring (bicyclic) bond motifs is 1. The molecule has 5 rings (SSSR count). The molecule has 0 aliphatic carbocycles. The first kappa shape index (κ1) is 38.0. The minimum atomic E-state index is -0.941. The second-order valence-electron chi connectivity index (χ2n) is 14.6. The van der Waals surface area contributed by atoms with Crippen LogP contribution >= 0.6 is 15.9 Å². The lowest BCUT2D eigenvalue weighted by Crippen LogP contribution is -2.62. The molecule has 2 fully saturated rings. The van der Waals surface area contributed by atoms with Crippen LogP contribution < -0.4 is 10.6 Å². The van der Waals surface area contributed by atoms with Crippen molar-refractivity contribution in [2.45, 2.75) is 94.6 Å². The van der Waals surface area contributed by atoms with E-state index >= 15 is 0 Å². The van der Waals surface area contributed by atoms with Crippen molar-refractivity contribution >= 4 is 39.7 Å². The molecule has 4 amide bonds. The summed E-state index contributed by atoms with van der Waals surface area (Å²) in [6.45, 7) is 8.43. The summed E-state index contributed by atoms with van der Waals surface area (Å²) < 4.78 is 5.49. The predicted molar refractivity (Wildman–Crippen MR) is 201 cm³/mol. The minimum Gasteiger partial charge on any atom is -0.444 e. The molecule has 2 aliphatic rings. The number of likely N-dealkylation sites (N-methyl/N-ethyl adjacent to an activating group) is 1. The number of nitrogens with one attached hydrogen (secondary N) is 2. The van der Waals surface area contributed by atoms with Gasteiger partial charge in [-0.25, -0.2) is 4.79 Å². The van der Waals surface area contributed by atoms with Crippen molar-refractivity contribution in [1.29, 1.82) is 0 Å². The van der Waals surface area contributed by atoms with Gasteiger partial charge < -0.3 is 20.3 Å². The van der Waals surface area contributed by atoms with Gasteiger partial charge in [0.2, 0.25) is 17.7 Å². The highest BCUT2D eigenvalue weighted by molar-refractivity contribution is 9.08. The number of rotatable bonds is 10. The number of carbonyl (C=O) groups is 4. The molecular weight excluding hydrogens is 710 g/mol. The van der Waals surface area contributed by atoms with Crippen LogP contribution in [0, 0.1) is 0 Å². The fourth-order valence-corrected chi connectivity index (χ4v) is 7.16. The van der Waals surface area contributed by atoms with E-state index in [-0.39, 0.29) is 24.4 Å². The molecular formula is C40H50BrN5O5. The SMILES string of the molecule is C[C@@H](C(=O)N[C@H]1CN(Cc2ccc(CBr)cc2)CC[C@H]2CC[C@@H](C(=O)NC(c3ccccc3)c3ccccc3)N2C1=O)N(C)C(=O)OC(C)(C)C. The van der Waals surface area contributed by atoms with Crippen molar-refractivity contribution in [3.8, 4) is 0 Å². The third-order valence-corrected chi connectivity index (χ3v) is 10.3. The van der Waals surface area contributed by atoms with Crippen molar-refractivity contribution in [2.75, 3.05) is 20.1 Å². The molecule has 0 spiro atoms. The van der Waals surface area contributed by atoms with Crippen LogP contribution in [0.1, 0.15) is 75.3 Å². The number of hydrogen-bond acceptors (Lipinski definition) is 6. The Morgan fingerprint density at radius 2 is 1.49 bits per heavy atom. The smallest absolute Gasteiger partial charge is 0.410 e. The molecule has 2 saturated heterocycles. The van der Waals surface area contributed by atoms with E-state index in [9.17, 15) is 19.2 Å². The summed E-state index contributed by atoms with van der Waals surface area (Å²) in [5, 5.41) is 7.00. The normalized spacial score (nSPS) is 20.2. The van der Waals surface area contributed by atoms with Gasteiger partial charge in [-0.1, -0.05) is 101 Å². The Kier molecular flexibility index (Phi) is 12.6. The number of benzene rings is 3. The number of ether oxygens (including phenoxy) is 1. The van der Waals surface area contributed by atoms with E-state index in [2.05, 4.69) is 55.7 Å². The van der Waals surface area contributed by atoms with Crippen molar-refractivity contribution in [3.05, 3.63) is 107 Å². The van der Waals surface area contributed by atoms with E-state index in [1.165, 1.54) is 17.5 Å². The first-order valence-electron chi connectivity index (χ1n) is 17.7. The Morgan fingerprint density at radius 3 is 2.06 bits per heavy atom. The molecule has 3 aromatic rings. The number of amides is 4. The number of nitrogens with zero attached hydrogens (tertiary/aromatic N) is 3. The van der Waals surface area contributed by atoms with Gasteiger partial charge in [-0.15, -0.1) is 0 Å². The van der Waals surface area contributed by atoms with E-state index < -0.39 is 41.8 Å². The largest absolute Gasteiger partial charge is 0.444 e. The molecule has 0 radical (unpaired) electrons. The Hall–Kier alpha value is -4.22. The van der Waals surface area contributed by atoms with Gasteiger partial charge in [0.1, 0.15) is 23.7 Å². The van der Waals surface area contributed by atoms with E-state index in [4.69, 9.17) is 4.74 Å². The Balaban J connectivity index is 1.39. The van der Waals surface area contributed by atoms with Gasteiger partial charge in [-0.05, 0) is 69.2 Å². The van der Waals surface area contributed by atoms with Crippen molar-refractivity contribution < 1.29 is 23.9 Å². The molecule has 0 saturated carbocycles. The molecule has 2 N–H and O–H groups in total. The maximum absolute atomic E-state index is 14.6. The quantitative estimate of drug-likeness (QED) is 0.253. The monoisotopic (exact) mass is 759 g/mol. The molecule has 11 heteroatoms. The van der Waals surface area contributed by atoms with Gasteiger partial charge in [-0.2, -0.15) is 0 Å². The summed E-state index contributed by atoms with van der Waals surface area (Å²) in [7, 11) is 1.51. The van der Waals surface area contributed by atoms with Gasteiger partial charge in [0.05, 0.1) is 6.04 Å². The van der Waals surface area contributed by atoms with Crippen LogP contribution in [0.3, 0.4) is 0 Å². The van der Waals surface area contributed by atoms with Gasteiger partial charge in [0, 0.05) is 38.1 Å². The topological polar surface area (TPSA) is 111 Å². The first-order chi connectivity index (χ1) is 24.3. The Morgan fingerprint density at radius 1 is 0.902 bits per heavy atom. The summed E-state index contributed by atoms with van der Waals surface area (Å²) in [6.07, 6.45) is 1.27. The van der Waals surface area contributed by atoms with E-state index in [1.807, 2.05) is 60.7 Å². The minimum absolute atomic E-state index is 0.167. The molecule has 0 aromatic heterocycles. The standard InChI is InChI=1S/C40H50BrN5O5/c1-27(44(5)39(50)51-40(2,3)4)36(47)42-33-26-45(25-29-18-16-28(24-41)17-19-29)23-22-32-20-21-34(46(32)38(33)49)37(48)43-35(30-12-8-6-9-13-30)31-14-10-7-11-15-31/h6-19,27,32-35H,20-26H2,1-5H3,(H,42,47)(H,43,48)/t27-,32+,33-,34-/m0/s1. The van der Waals surface area contributed by atoms with Gasteiger partial charge in [-0.3, -0.25) is 24.2 Å². The van der Waals surface area contributed by atoms with Crippen molar-refractivity contribution in [2.24, 2.45) is 0 Å². The summed E-state index contributed by atoms with van der Waals surface area (Å²) in [4.78, 5) is 60.6. The van der Waals surface area contributed by atoms with Crippen LogP contribution in [0.25, 0.3) is 0 Å². The molecule has 4 atom stereocenters. The molecule has 2 heterocycles. The highest BCUT2D eigenvalue weighted by atomic mass is 79.9. The number of carbonyl (C=O) groups excluding carboxylic acids is 4. The van der Waals surface area contributed by atoms with Crippen LogP contribution in [0.4, 0.5) is 4.79 Å². The Labute approximate surface area is 310 Å². The zero-order valence-corrected chi connectivity index (χ0v) is 31.8. The van der Waals surface area contributed by atoms with Crippen molar-refractivity contribution in [1.82, 2.24) is 25.3 Å². The summed E-state index contributed by atoms with van der Waals surface area (Å²) in [5.74, 6) is -1.00. The maximum Gasteiger partial charge on any atom is 0.410 e. The average molecular weight is 761 g/mol. The second-order valence-corrected chi connectivity index (χ2v) is 15.1. The third kappa shape index (κ3) is 9.77. The number of alkyl halides is 1. The molecule has 272 valence electrons. The lowest BCUT2D eigenvalue weighted by Gasteiger charge is -2.39. The van der Waals surface area contributed by atoms with E-state index in [1.54, 1.807) is 32.6 Å². The van der Waals surface area contributed by atoms with Crippen LogP contribution in [-0.2, 0) is 31.0 Å². The second kappa shape index (κ2) is 16.9. The average Bonchev–Trinajstić information content (AvgIpc) is 3.55.